The van der Waals surface area contributed by atoms with Gasteiger partial charge in [-0.15, -0.1) is 0 Å². The maximum absolute atomic E-state index is 11.4. The molecular formula is C17H22N2O. The molecule has 1 N–H and O–H groups in total. The number of rotatable bonds is 5. The molecule has 0 spiro atoms. The summed E-state index contributed by atoms with van der Waals surface area (Å²) in [5.41, 5.74) is 2.26. The van der Waals surface area contributed by atoms with Crippen LogP contribution < -0.4 is 10.9 Å². The number of pyridine rings is 1. The van der Waals surface area contributed by atoms with Crippen LogP contribution in [0.3, 0.4) is 0 Å². The zero-order valence-corrected chi connectivity index (χ0v) is 12.3. The van der Waals surface area contributed by atoms with E-state index in [-0.39, 0.29) is 11.6 Å². The normalized spacial score (nSPS) is 12.4. The molecule has 1 aromatic heterocycles. The van der Waals surface area contributed by atoms with Crippen LogP contribution in [0.4, 0.5) is 5.69 Å². The molecule has 0 amide bonds. The van der Waals surface area contributed by atoms with Crippen molar-refractivity contribution in [3.8, 4) is 0 Å². The summed E-state index contributed by atoms with van der Waals surface area (Å²) >= 11 is 0. The number of aryl methyl sites for hydroxylation is 1. The van der Waals surface area contributed by atoms with E-state index in [9.17, 15) is 4.79 Å². The fraction of sp³-hybridized carbons (Fsp3) is 0.353. The average molecular weight is 270 g/mol. The van der Waals surface area contributed by atoms with Crippen molar-refractivity contribution < 1.29 is 0 Å². The molecule has 3 nitrogen and oxygen atoms in total. The van der Waals surface area contributed by atoms with E-state index in [1.807, 2.05) is 18.3 Å². The van der Waals surface area contributed by atoms with E-state index in [0.29, 0.717) is 5.92 Å². The molecule has 0 aliphatic carbocycles. The van der Waals surface area contributed by atoms with Gasteiger partial charge in [0.1, 0.15) is 0 Å². The summed E-state index contributed by atoms with van der Waals surface area (Å²) in [5, 5.41) is 3.53. The maximum atomic E-state index is 11.4. The third-order valence-corrected chi connectivity index (χ3v) is 3.34. The summed E-state index contributed by atoms with van der Waals surface area (Å²) in [4.78, 5) is 11.4. The first-order valence-corrected chi connectivity index (χ1v) is 7.04. The van der Waals surface area contributed by atoms with Crippen LogP contribution in [-0.4, -0.2) is 4.57 Å². The Bertz CT molecular complexity index is 602. The number of hydrogen-bond acceptors (Lipinski definition) is 2. The van der Waals surface area contributed by atoms with Crippen LogP contribution >= 0.6 is 0 Å². The largest absolute Gasteiger partial charge is 0.377 e. The third-order valence-electron chi connectivity index (χ3n) is 3.34. The van der Waals surface area contributed by atoms with E-state index in [4.69, 9.17) is 0 Å². The van der Waals surface area contributed by atoms with Crippen LogP contribution in [0.5, 0.6) is 0 Å². The minimum absolute atomic E-state index is 0.00988. The van der Waals surface area contributed by atoms with Gasteiger partial charge in [-0.3, -0.25) is 4.79 Å². The maximum Gasteiger partial charge on any atom is 0.250 e. The highest BCUT2D eigenvalue weighted by Gasteiger charge is 2.13. The minimum atomic E-state index is 0.00988. The van der Waals surface area contributed by atoms with Crippen molar-refractivity contribution >= 4 is 5.69 Å². The van der Waals surface area contributed by atoms with E-state index >= 15 is 0 Å². The van der Waals surface area contributed by atoms with Gasteiger partial charge < -0.3 is 9.88 Å². The molecule has 1 aromatic carbocycles. The van der Waals surface area contributed by atoms with Crippen LogP contribution in [0.2, 0.25) is 0 Å². The molecule has 1 atom stereocenters. The lowest BCUT2D eigenvalue weighted by Gasteiger charge is -2.22. The summed E-state index contributed by atoms with van der Waals surface area (Å²) in [6.07, 6.45) is 2.89. The van der Waals surface area contributed by atoms with Crippen molar-refractivity contribution in [2.75, 3.05) is 5.32 Å². The Morgan fingerprint density at radius 1 is 1.10 bits per heavy atom. The Kier molecular flexibility index (Phi) is 4.61. The van der Waals surface area contributed by atoms with Crippen LogP contribution in [0.1, 0.15) is 31.9 Å². The fourth-order valence-electron chi connectivity index (χ4n) is 2.32. The molecule has 1 unspecified atom stereocenters. The van der Waals surface area contributed by atoms with Gasteiger partial charge in [-0.25, -0.2) is 0 Å². The first kappa shape index (κ1) is 14.4. The van der Waals surface area contributed by atoms with E-state index < -0.39 is 0 Å². The van der Waals surface area contributed by atoms with E-state index in [2.05, 4.69) is 43.4 Å². The lowest BCUT2D eigenvalue weighted by atomic mass is 9.97. The SMILES string of the molecule is CC(C)CC(Nc1ccc(=O)n(C)c1)c1ccccc1. The highest BCUT2D eigenvalue weighted by molar-refractivity contribution is 5.43. The number of hydrogen-bond donors (Lipinski definition) is 1. The standard InChI is InChI=1S/C17H22N2O/c1-13(2)11-16(14-7-5-4-6-8-14)18-15-9-10-17(20)19(3)12-15/h4-10,12-13,16,18H,11H2,1-3H3. The third kappa shape index (κ3) is 3.73. The molecule has 0 fully saturated rings. The second kappa shape index (κ2) is 6.42. The molecule has 0 aliphatic heterocycles. The van der Waals surface area contributed by atoms with Gasteiger partial charge in [0.2, 0.25) is 5.56 Å². The van der Waals surface area contributed by atoms with Crippen LogP contribution in [-0.2, 0) is 7.05 Å². The molecule has 1 heterocycles. The monoisotopic (exact) mass is 270 g/mol. The van der Waals surface area contributed by atoms with Gasteiger partial charge in [0, 0.05) is 19.3 Å². The van der Waals surface area contributed by atoms with Crippen molar-refractivity contribution in [2.45, 2.75) is 26.3 Å². The van der Waals surface area contributed by atoms with Crippen LogP contribution in [0, 0.1) is 5.92 Å². The number of nitrogens with one attached hydrogen (secondary N) is 1. The van der Waals surface area contributed by atoms with Crippen LogP contribution in [0.25, 0.3) is 0 Å². The second-order valence-electron chi connectivity index (χ2n) is 5.60. The molecule has 106 valence electrons. The molecule has 0 aliphatic rings. The van der Waals surface area contributed by atoms with Gasteiger partial charge in [0.25, 0.3) is 0 Å². The van der Waals surface area contributed by atoms with Crippen molar-refractivity contribution in [2.24, 2.45) is 13.0 Å². The summed E-state index contributed by atoms with van der Waals surface area (Å²) in [5.74, 6) is 0.597. The Hall–Kier alpha value is -2.03. The van der Waals surface area contributed by atoms with Crippen LogP contribution in [0.15, 0.2) is 53.5 Å². The van der Waals surface area contributed by atoms with Crippen molar-refractivity contribution in [1.82, 2.24) is 4.57 Å². The smallest absolute Gasteiger partial charge is 0.250 e. The van der Waals surface area contributed by atoms with E-state index in [1.54, 1.807) is 17.7 Å². The Morgan fingerprint density at radius 2 is 1.80 bits per heavy atom. The molecule has 3 heteroatoms. The van der Waals surface area contributed by atoms with Crippen molar-refractivity contribution in [1.29, 1.82) is 0 Å². The minimum Gasteiger partial charge on any atom is -0.377 e. The molecule has 0 saturated carbocycles. The lowest BCUT2D eigenvalue weighted by molar-refractivity contribution is 0.530. The second-order valence-corrected chi connectivity index (χ2v) is 5.60. The summed E-state index contributed by atoms with van der Waals surface area (Å²) in [6, 6.07) is 14.1. The Balaban J connectivity index is 2.23. The average Bonchev–Trinajstić information content (AvgIpc) is 2.43. The first-order chi connectivity index (χ1) is 9.56. The predicted octanol–water partition coefficient (Wildman–Crippen LogP) is 3.58. The Labute approximate surface area is 120 Å². The first-order valence-electron chi connectivity index (χ1n) is 7.04. The zero-order valence-electron chi connectivity index (χ0n) is 12.3. The highest BCUT2D eigenvalue weighted by atomic mass is 16.1. The predicted molar refractivity (Wildman–Crippen MR) is 83.9 cm³/mol. The number of benzene rings is 1. The zero-order chi connectivity index (χ0) is 14.5. The van der Waals surface area contributed by atoms with Gasteiger partial charge in [-0.05, 0) is 24.0 Å². The van der Waals surface area contributed by atoms with E-state index in [1.165, 1.54) is 5.56 Å². The number of aromatic nitrogens is 1. The number of nitrogens with zero attached hydrogens (tertiary/aromatic N) is 1. The van der Waals surface area contributed by atoms with E-state index in [0.717, 1.165) is 12.1 Å². The lowest BCUT2D eigenvalue weighted by Crippen LogP contribution is -2.18. The Morgan fingerprint density at radius 3 is 2.40 bits per heavy atom. The quantitative estimate of drug-likeness (QED) is 0.901. The highest BCUT2D eigenvalue weighted by Crippen LogP contribution is 2.25. The molecule has 2 aromatic rings. The molecule has 0 radical (unpaired) electrons. The molecule has 0 bridgehead atoms. The molecule has 0 saturated heterocycles. The van der Waals surface area contributed by atoms with Gasteiger partial charge in [-0.2, -0.15) is 0 Å². The van der Waals surface area contributed by atoms with Gasteiger partial charge >= 0.3 is 0 Å². The topological polar surface area (TPSA) is 34.0 Å². The summed E-state index contributed by atoms with van der Waals surface area (Å²) < 4.78 is 1.60. The van der Waals surface area contributed by atoms with Gasteiger partial charge in [0.15, 0.2) is 0 Å². The van der Waals surface area contributed by atoms with Crippen molar-refractivity contribution in [3.63, 3.8) is 0 Å². The number of anilines is 1. The van der Waals surface area contributed by atoms with Crippen molar-refractivity contribution in [3.05, 3.63) is 64.6 Å². The fourth-order valence-corrected chi connectivity index (χ4v) is 2.32. The molecular weight excluding hydrogens is 248 g/mol. The summed E-state index contributed by atoms with van der Waals surface area (Å²) in [6.45, 7) is 4.44. The van der Waals surface area contributed by atoms with Gasteiger partial charge in [0.05, 0.1) is 11.7 Å². The summed E-state index contributed by atoms with van der Waals surface area (Å²) in [7, 11) is 1.77. The van der Waals surface area contributed by atoms with Gasteiger partial charge in [-0.1, -0.05) is 44.2 Å². The molecule has 20 heavy (non-hydrogen) atoms. The molecule has 2 rings (SSSR count).